The Hall–Kier alpha value is -3.38. The van der Waals surface area contributed by atoms with E-state index in [9.17, 15) is 0 Å². The van der Waals surface area contributed by atoms with E-state index in [1.165, 1.54) is 0 Å². The molecule has 0 bridgehead atoms. The van der Waals surface area contributed by atoms with E-state index in [0.29, 0.717) is 28.5 Å². The number of nitrogens with one attached hydrogen (secondary N) is 1. The quantitative estimate of drug-likeness (QED) is 0.373. The maximum Gasteiger partial charge on any atom is 0.264 e. The number of hydrogen-bond donors (Lipinski definition) is 1. The van der Waals surface area contributed by atoms with Crippen molar-refractivity contribution in [3.8, 4) is 28.3 Å². The number of ether oxygens (including phenoxy) is 1. The van der Waals surface area contributed by atoms with Crippen molar-refractivity contribution in [3.05, 3.63) is 77.3 Å². The van der Waals surface area contributed by atoms with Crippen molar-refractivity contribution in [1.82, 2.24) is 15.1 Å². The molecule has 2 aromatic heterocycles. The number of nitrogens with zero attached hydrogens (tertiary/aromatic N) is 3. The van der Waals surface area contributed by atoms with Crippen LogP contribution in [0.2, 0.25) is 5.02 Å². The van der Waals surface area contributed by atoms with E-state index >= 15 is 0 Å². The summed E-state index contributed by atoms with van der Waals surface area (Å²) < 4.78 is 11.6. The normalized spacial score (nSPS) is 11.0. The molecule has 31 heavy (non-hydrogen) atoms. The molecule has 0 saturated heterocycles. The summed E-state index contributed by atoms with van der Waals surface area (Å²) in [6.45, 7) is 4.44. The highest BCUT2D eigenvalue weighted by Gasteiger charge is 2.18. The van der Waals surface area contributed by atoms with Crippen LogP contribution in [0.1, 0.15) is 31.2 Å². The van der Waals surface area contributed by atoms with Crippen molar-refractivity contribution in [2.45, 2.75) is 26.4 Å². The van der Waals surface area contributed by atoms with Gasteiger partial charge in [-0.25, -0.2) is 4.98 Å². The predicted molar refractivity (Wildman–Crippen MR) is 122 cm³/mol. The summed E-state index contributed by atoms with van der Waals surface area (Å²) in [6, 6.07) is 17.5. The smallest absolute Gasteiger partial charge is 0.264 e. The number of aromatic nitrogens is 3. The van der Waals surface area contributed by atoms with Crippen LogP contribution in [0.15, 0.2) is 65.3 Å². The molecule has 7 heteroatoms. The highest BCUT2D eigenvalue weighted by atomic mass is 35.5. The lowest BCUT2D eigenvalue weighted by Gasteiger charge is -2.18. The lowest BCUT2D eigenvalue weighted by atomic mass is 9.92. The number of halogens is 1. The van der Waals surface area contributed by atoms with Crippen LogP contribution >= 0.6 is 11.6 Å². The lowest BCUT2D eigenvalue weighted by molar-refractivity contribution is 0.243. The SMILES string of the molecule is CNc1ncccc1-c1noc(COc2cccc(C(C)C)c2-c2ccccc2Cl)n1. The molecule has 0 radical (unpaired) electrons. The zero-order valence-corrected chi connectivity index (χ0v) is 18.3. The van der Waals surface area contributed by atoms with Crippen LogP contribution in [-0.4, -0.2) is 22.2 Å². The number of benzene rings is 2. The summed E-state index contributed by atoms with van der Waals surface area (Å²) in [4.78, 5) is 8.75. The van der Waals surface area contributed by atoms with Gasteiger partial charge in [-0.05, 0) is 35.7 Å². The molecule has 2 aromatic carbocycles. The maximum atomic E-state index is 6.52. The minimum Gasteiger partial charge on any atom is -0.483 e. The Balaban J connectivity index is 1.64. The van der Waals surface area contributed by atoms with Crippen LogP contribution in [-0.2, 0) is 6.61 Å². The molecule has 0 aliphatic rings. The van der Waals surface area contributed by atoms with Crippen LogP contribution in [0.5, 0.6) is 5.75 Å². The van der Waals surface area contributed by atoms with Crippen molar-refractivity contribution in [2.24, 2.45) is 0 Å². The highest BCUT2D eigenvalue weighted by Crippen LogP contribution is 2.40. The van der Waals surface area contributed by atoms with Crippen LogP contribution in [0.3, 0.4) is 0 Å². The minimum atomic E-state index is 0.140. The Morgan fingerprint density at radius 3 is 2.61 bits per heavy atom. The predicted octanol–water partition coefficient (Wildman–Crippen LogP) is 6.20. The molecule has 0 amide bonds. The average molecular weight is 435 g/mol. The third kappa shape index (κ3) is 4.39. The van der Waals surface area contributed by atoms with Gasteiger partial charge in [0.15, 0.2) is 6.61 Å². The fourth-order valence-electron chi connectivity index (χ4n) is 3.45. The summed E-state index contributed by atoms with van der Waals surface area (Å²) in [6.07, 6.45) is 1.71. The average Bonchev–Trinajstić information content (AvgIpc) is 3.26. The number of pyridine rings is 1. The summed E-state index contributed by atoms with van der Waals surface area (Å²) >= 11 is 6.52. The summed E-state index contributed by atoms with van der Waals surface area (Å²) in [7, 11) is 1.80. The molecule has 0 spiro atoms. The van der Waals surface area contributed by atoms with Crippen LogP contribution in [0.25, 0.3) is 22.5 Å². The van der Waals surface area contributed by atoms with Gasteiger partial charge in [-0.1, -0.05) is 60.9 Å². The third-order valence-corrected chi connectivity index (χ3v) is 5.26. The van der Waals surface area contributed by atoms with Gasteiger partial charge in [0.05, 0.1) is 5.56 Å². The monoisotopic (exact) mass is 434 g/mol. The van der Waals surface area contributed by atoms with Crippen molar-refractivity contribution >= 4 is 17.4 Å². The molecule has 4 rings (SSSR count). The Morgan fingerprint density at radius 1 is 1.03 bits per heavy atom. The molecular weight excluding hydrogens is 412 g/mol. The molecule has 0 atom stereocenters. The number of hydrogen-bond acceptors (Lipinski definition) is 6. The van der Waals surface area contributed by atoms with Gasteiger partial charge in [0.2, 0.25) is 5.82 Å². The minimum absolute atomic E-state index is 0.140. The van der Waals surface area contributed by atoms with Gasteiger partial charge in [-0.2, -0.15) is 4.98 Å². The maximum absolute atomic E-state index is 6.52. The second kappa shape index (κ2) is 9.18. The van der Waals surface area contributed by atoms with Crippen LogP contribution in [0, 0.1) is 0 Å². The molecule has 158 valence electrons. The van der Waals surface area contributed by atoms with E-state index in [2.05, 4.69) is 40.4 Å². The van der Waals surface area contributed by atoms with Crippen LogP contribution in [0.4, 0.5) is 5.82 Å². The summed E-state index contributed by atoms with van der Waals surface area (Å²) in [5.41, 5.74) is 3.83. The number of rotatable bonds is 7. The molecular formula is C24H23ClN4O2. The van der Waals surface area contributed by atoms with Crippen molar-refractivity contribution in [1.29, 1.82) is 0 Å². The standard InChI is InChI=1S/C24H23ClN4O2/c1-15(2)16-9-6-12-20(22(16)17-8-4-5-11-19(17)25)30-14-21-28-24(29-31-21)18-10-7-13-27-23(18)26-3/h4-13,15H,14H2,1-3H3,(H,26,27). The first-order chi connectivity index (χ1) is 15.1. The van der Waals surface area contributed by atoms with E-state index in [1.807, 2.05) is 48.5 Å². The lowest BCUT2D eigenvalue weighted by Crippen LogP contribution is -2.01. The molecule has 0 aliphatic carbocycles. The van der Waals surface area contributed by atoms with Crippen molar-refractivity contribution < 1.29 is 9.26 Å². The van der Waals surface area contributed by atoms with Gasteiger partial charge >= 0.3 is 0 Å². The third-order valence-electron chi connectivity index (χ3n) is 4.93. The molecule has 0 unspecified atom stereocenters. The second-order valence-corrected chi connectivity index (χ2v) is 7.71. The zero-order valence-electron chi connectivity index (χ0n) is 17.6. The zero-order chi connectivity index (χ0) is 21.8. The fraction of sp³-hybridized carbons (Fsp3) is 0.208. The van der Waals surface area contributed by atoms with Gasteiger partial charge in [-0.3, -0.25) is 0 Å². The molecule has 2 heterocycles. The van der Waals surface area contributed by atoms with Gasteiger partial charge in [0.1, 0.15) is 11.6 Å². The van der Waals surface area contributed by atoms with E-state index in [4.69, 9.17) is 20.9 Å². The van der Waals surface area contributed by atoms with E-state index in [0.717, 1.165) is 28.0 Å². The molecule has 6 nitrogen and oxygen atoms in total. The molecule has 0 aliphatic heterocycles. The number of anilines is 1. The summed E-state index contributed by atoms with van der Waals surface area (Å²) in [5.74, 6) is 2.53. The fourth-order valence-corrected chi connectivity index (χ4v) is 3.68. The Labute approximate surface area is 186 Å². The molecule has 4 aromatic rings. The topological polar surface area (TPSA) is 73.1 Å². The van der Waals surface area contributed by atoms with Crippen LogP contribution < -0.4 is 10.1 Å². The summed E-state index contributed by atoms with van der Waals surface area (Å²) in [5, 5.41) is 7.79. The van der Waals surface area contributed by atoms with E-state index in [1.54, 1.807) is 13.2 Å². The van der Waals surface area contributed by atoms with Crippen molar-refractivity contribution in [2.75, 3.05) is 12.4 Å². The molecule has 0 saturated carbocycles. The molecule has 1 N–H and O–H groups in total. The first kappa shape index (κ1) is 20.9. The Bertz CT molecular complexity index is 1190. The highest BCUT2D eigenvalue weighted by molar-refractivity contribution is 6.33. The van der Waals surface area contributed by atoms with E-state index < -0.39 is 0 Å². The largest absolute Gasteiger partial charge is 0.483 e. The Kier molecular flexibility index (Phi) is 6.18. The first-order valence-electron chi connectivity index (χ1n) is 10.0. The molecule has 0 fully saturated rings. The van der Waals surface area contributed by atoms with Gasteiger partial charge < -0.3 is 14.6 Å². The van der Waals surface area contributed by atoms with Gasteiger partial charge in [0.25, 0.3) is 5.89 Å². The van der Waals surface area contributed by atoms with Gasteiger partial charge in [0, 0.05) is 29.4 Å². The second-order valence-electron chi connectivity index (χ2n) is 7.30. The van der Waals surface area contributed by atoms with E-state index in [-0.39, 0.29) is 6.61 Å². The van der Waals surface area contributed by atoms with Crippen molar-refractivity contribution in [3.63, 3.8) is 0 Å². The first-order valence-corrected chi connectivity index (χ1v) is 10.4. The Morgan fingerprint density at radius 2 is 1.84 bits per heavy atom. The van der Waals surface area contributed by atoms with Gasteiger partial charge in [-0.15, -0.1) is 0 Å².